The van der Waals surface area contributed by atoms with Gasteiger partial charge in [0.1, 0.15) is 11.6 Å². The summed E-state index contributed by atoms with van der Waals surface area (Å²) in [5.74, 6) is 0.828. The second-order valence-corrected chi connectivity index (χ2v) is 9.97. The monoisotopic (exact) mass is 534 g/mol. The van der Waals surface area contributed by atoms with Gasteiger partial charge in [-0.25, -0.2) is 4.39 Å². The molecule has 1 aliphatic rings. The first-order valence-corrected chi connectivity index (χ1v) is 13.5. The summed E-state index contributed by atoms with van der Waals surface area (Å²) in [6.07, 6.45) is 4.67. The largest absolute Gasteiger partial charge is 0.494 e. The molecule has 1 aliphatic heterocycles. The van der Waals surface area contributed by atoms with Gasteiger partial charge >= 0.3 is 0 Å². The van der Waals surface area contributed by atoms with Gasteiger partial charge in [-0.15, -0.1) is 10.2 Å². The van der Waals surface area contributed by atoms with E-state index < -0.39 is 0 Å². The Bertz CT molecular complexity index is 1440. The summed E-state index contributed by atoms with van der Waals surface area (Å²) in [7, 11) is 3.73. The van der Waals surface area contributed by atoms with Crippen molar-refractivity contribution < 1.29 is 9.13 Å². The molecule has 9 nitrogen and oxygen atoms in total. The molecule has 0 unspecified atom stereocenters. The van der Waals surface area contributed by atoms with Crippen LogP contribution < -0.4 is 21.1 Å². The van der Waals surface area contributed by atoms with Crippen LogP contribution in [0.2, 0.25) is 0 Å². The molecule has 1 saturated heterocycles. The third-order valence-corrected chi connectivity index (χ3v) is 7.43. The van der Waals surface area contributed by atoms with Crippen LogP contribution in [0.1, 0.15) is 6.42 Å². The molecule has 0 atom stereocenters. The van der Waals surface area contributed by atoms with Crippen LogP contribution in [0.25, 0.3) is 28.3 Å². The molecule has 4 N–H and O–H groups in total. The number of nitrogens with zero attached hydrogens (tertiary/aromatic N) is 6. The quantitative estimate of drug-likeness (QED) is 0.278. The fourth-order valence-electron chi connectivity index (χ4n) is 4.79. The highest BCUT2D eigenvalue weighted by Crippen LogP contribution is 2.44. The lowest BCUT2D eigenvalue weighted by atomic mass is 10.0. The van der Waals surface area contributed by atoms with Crippen molar-refractivity contribution in [3.63, 3.8) is 0 Å². The van der Waals surface area contributed by atoms with Gasteiger partial charge in [-0.1, -0.05) is 11.8 Å². The highest BCUT2D eigenvalue weighted by molar-refractivity contribution is 7.98. The lowest BCUT2D eigenvalue weighted by Crippen LogP contribution is -2.29. The Morgan fingerprint density at radius 1 is 0.974 bits per heavy atom. The summed E-state index contributed by atoms with van der Waals surface area (Å²) in [6, 6.07) is 11.9. The number of likely N-dealkylation sites (N-methyl/N-ethyl adjacent to an activating group) is 1. The van der Waals surface area contributed by atoms with E-state index in [1.807, 2.05) is 29.0 Å². The Labute approximate surface area is 225 Å². The van der Waals surface area contributed by atoms with Crippen molar-refractivity contribution >= 4 is 28.8 Å². The highest BCUT2D eigenvalue weighted by atomic mass is 32.2. The molecular formula is C27H31FN8OS. The van der Waals surface area contributed by atoms with Crippen LogP contribution in [-0.4, -0.2) is 71.2 Å². The fourth-order valence-corrected chi connectivity index (χ4v) is 5.28. The minimum atomic E-state index is -0.313. The maximum atomic E-state index is 13.6. The summed E-state index contributed by atoms with van der Waals surface area (Å²) < 4.78 is 21.2. The van der Waals surface area contributed by atoms with Gasteiger partial charge in [-0.3, -0.25) is 9.55 Å². The second-order valence-electron chi connectivity index (χ2n) is 9.20. The molecule has 38 heavy (non-hydrogen) atoms. The van der Waals surface area contributed by atoms with E-state index in [4.69, 9.17) is 16.2 Å². The van der Waals surface area contributed by atoms with Crippen LogP contribution in [0.15, 0.2) is 53.8 Å². The molecule has 5 rings (SSSR count). The number of halogens is 1. The predicted octanol–water partition coefficient (Wildman–Crippen LogP) is 4.17. The van der Waals surface area contributed by atoms with Crippen LogP contribution in [-0.2, 0) is 0 Å². The van der Waals surface area contributed by atoms with Crippen LogP contribution in [0.4, 0.5) is 21.5 Å². The molecule has 198 valence electrons. The lowest BCUT2D eigenvalue weighted by Gasteiger charge is -2.27. The minimum absolute atomic E-state index is 0.313. The van der Waals surface area contributed by atoms with Gasteiger partial charge < -0.3 is 26.0 Å². The molecule has 11 heteroatoms. The van der Waals surface area contributed by atoms with Gasteiger partial charge in [0.05, 0.1) is 41.1 Å². The van der Waals surface area contributed by atoms with Crippen LogP contribution >= 0.6 is 11.8 Å². The number of methoxy groups -OCH3 is 1. The third-order valence-electron chi connectivity index (χ3n) is 6.80. The number of thioether (sulfide) groups is 1. The normalized spacial score (nSPS) is 14.5. The molecule has 0 aliphatic carbocycles. The molecular weight excluding hydrogens is 503 g/mol. The Morgan fingerprint density at radius 2 is 1.76 bits per heavy atom. The van der Waals surface area contributed by atoms with E-state index in [-0.39, 0.29) is 5.82 Å². The Balaban J connectivity index is 1.63. The number of rotatable bonds is 6. The van der Waals surface area contributed by atoms with Crippen molar-refractivity contribution in [2.75, 3.05) is 63.0 Å². The number of pyridine rings is 1. The fraction of sp³-hybridized carbons (Fsp3) is 0.296. The molecule has 3 heterocycles. The summed E-state index contributed by atoms with van der Waals surface area (Å²) in [5, 5.41) is 9.42. The van der Waals surface area contributed by atoms with E-state index in [2.05, 4.69) is 32.0 Å². The van der Waals surface area contributed by atoms with Gasteiger partial charge in [-0.2, -0.15) is 0 Å². The number of nitrogen functional groups attached to an aromatic ring is 2. The van der Waals surface area contributed by atoms with Crippen molar-refractivity contribution in [1.82, 2.24) is 24.6 Å². The number of hydrogen-bond donors (Lipinski definition) is 2. The Morgan fingerprint density at radius 3 is 2.50 bits per heavy atom. The van der Waals surface area contributed by atoms with Crippen molar-refractivity contribution in [3.05, 3.63) is 54.5 Å². The SMILES string of the molecule is COc1cc(N2CCCN(C)CC2)c(N)c(-c2cc(-n3c(SC)nnc3-c3ccc(F)cc3)ccn2)c1N. The minimum Gasteiger partial charge on any atom is -0.494 e. The van der Waals surface area contributed by atoms with E-state index in [1.54, 1.807) is 25.4 Å². The number of nitrogens with two attached hydrogens (primary N) is 2. The maximum Gasteiger partial charge on any atom is 0.195 e. The zero-order chi connectivity index (χ0) is 26.8. The number of aromatic nitrogens is 4. The van der Waals surface area contributed by atoms with Crippen molar-refractivity contribution in [2.24, 2.45) is 0 Å². The maximum absolute atomic E-state index is 13.6. The van der Waals surface area contributed by atoms with E-state index in [1.165, 1.54) is 23.9 Å². The molecule has 0 radical (unpaired) electrons. The van der Waals surface area contributed by atoms with Crippen LogP contribution in [0.5, 0.6) is 5.75 Å². The number of hydrogen-bond acceptors (Lipinski definition) is 9. The number of anilines is 3. The van der Waals surface area contributed by atoms with Gasteiger partial charge in [0, 0.05) is 37.5 Å². The summed E-state index contributed by atoms with van der Waals surface area (Å²) in [4.78, 5) is 9.25. The predicted molar refractivity (Wildman–Crippen MR) is 151 cm³/mol. The van der Waals surface area contributed by atoms with E-state index in [0.717, 1.165) is 49.5 Å². The Hall–Kier alpha value is -3.83. The van der Waals surface area contributed by atoms with Crippen molar-refractivity contribution in [1.29, 1.82) is 0 Å². The molecule has 1 fully saturated rings. The first kappa shape index (κ1) is 25.8. The zero-order valence-corrected chi connectivity index (χ0v) is 22.5. The average Bonchev–Trinajstić information content (AvgIpc) is 3.24. The standard InChI is InChI=1S/C27H31FN8OS/c1-34-11-4-12-35(14-13-34)21-16-22(37-2)25(30)23(24(21)29)20-15-19(9-10-31-20)36-26(32-33-27(36)38-3)17-5-7-18(28)8-6-17/h5-10,15-16H,4,11-14,29-30H2,1-3H3. The Kier molecular flexibility index (Phi) is 7.39. The van der Waals surface area contributed by atoms with Crippen LogP contribution in [0, 0.1) is 5.82 Å². The third kappa shape index (κ3) is 4.86. The topological polar surface area (TPSA) is 111 Å². The van der Waals surface area contributed by atoms with Gasteiger partial charge in [-0.05, 0) is 62.7 Å². The molecule has 0 bridgehead atoms. The first-order chi connectivity index (χ1) is 18.4. The van der Waals surface area contributed by atoms with E-state index in [0.29, 0.717) is 39.4 Å². The summed E-state index contributed by atoms with van der Waals surface area (Å²) >= 11 is 1.46. The van der Waals surface area contributed by atoms with Gasteiger partial charge in [0.25, 0.3) is 0 Å². The van der Waals surface area contributed by atoms with Crippen LogP contribution in [0.3, 0.4) is 0 Å². The number of ether oxygens (including phenoxy) is 1. The molecule has 0 amide bonds. The molecule has 2 aromatic heterocycles. The van der Waals surface area contributed by atoms with Crippen molar-refractivity contribution in [2.45, 2.75) is 11.6 Å². The first-order valence-electron chi connectivity index (χ1n) is 12.3. The number of benzene rings is 2. The average molecular weight is 535 g/mol. The van der Waals surface area contributed by atoms with Crippen molar-refractivity contribution in [3.8, 4) is 34.1 Å². The molecule has 2 aromatic carbocycles. The summed E-state index contributed by atoms with van der Waals surface area (Å²) in [6.45, 7) is 3.70. The molecule has 0 saturated carbocycles. The second kappa shape index (κ2) is 10.9. The van der Waals surface area contributed by atoms with E-state index >= 15 is 0 Å². The molecule has 0 spiro atoms. The zero-order valence-electron chi connectivity index (χ0n) is 21.7. The van der Waals surface area contributed by atoms with Gasteiger partial charge in [0.2, 0.25) is 0 Å². The van der Waals surface area contributed by atoms with Gasteiger partial charge in [0.15, 0.2) is 11.0 Å². The highest BCUT2D eigenvalue weighted by Gasteiger charge is 2.23. The smallest absolute Gasteiger partial charge is 0.195 e. The molecule has 4 aromatic rings. The van der Waals surface area contributed by atoms with E-state index in [9.17, 15) is 4.39 Å². The summed E-state index contributed by atoms with van der Waals surface area (Å²) in [5.41, 5.74) is 18.0. The lowest BCUT2D eigenvalue weighted by molar-refractivity contribution is 0.360.